The van der Waals surface area contributed by atoms with Crippen molar-refractivity contribution in [1.82, 2.24) is 4.98 Å². The molecule has 140 valence electrons. The third kappa shape index (κ3) is 4.08. The van der Waals surface area contributed by atoms with E-state index in [1.807, 2.05) is 60.0 Å². The summed E-state index contributed by atoms with van der Waals surface area (Å²) < 4.78 is 5.77. The van der Waals surface area contributed by atoms with Crippen LogP contribution in [0.25, 0.3) is 21.7 Å². The normalized spacial score (nSPS) is 10.3. The minimum absolute atomic E-state index is 0.168. The van der Waals surface area contributed by atoms with Crippen LogP contribution in [-0.2, 0) is 0 Å². The van der Waals surface area contributed by atoms with Crippen LogP contribution in [-0.4, -0.2) is 17.4 Å². The van der Waals surface area contributed by atoms with Crippen molar-refractivity contribution in [1.29, 1.82) is 5.26 Å². The summed E-state index contributed by atoms with van der Waals surface area (Å²) in [5.41, 5.74) is 3.24. The summed E-state index contributed by atoms with van der Waals surface area (Å²) in [6.45, 7) is -0.187. The number of nitrogens with zero attached hydrogens (tertiary/aromatic N) is 2. The molecule has 0 aliphatic carbocycles. The Balaban J connectivity index is 1.74. The molecule has 0 radical (unpaired) electrons. The van der Waals surface area contributed by atoms with Gasteiger partial charge in [0.15, 0.2) is 12.4 Å². The summed E-state index contributed by atoms with van der Waals surface area (Å²) in [6.07, 6.45) is 0. The quantitative estimate of drug-likeness (QED) is 0.397. The van der Waals surface area contributed by atoms with Crippen molar-refractivity contribution < 1.29 is 9.53 Å². The van der Waals surface area contributed by atoms with Crippen molar-refractivity contribution in [2.45, 2.75) is 0 Å². The Labute approximate surface area is 172 Å². The van der Waals surface area contributed by atoms with Gasteiger partial charge in [0, 0.05) is 21.6 Å². The maximum Gasteiger partial charge on any atom is 0.233 e. The lowest BCUT2D eigenvalue weighted by atomic mass is 10.0. The van der Waals surface area contributed by atoms with Crippen LogP contribution in [0.1, 0.15) is 15.9 Å². The van der Waals surface area contributed by atoms with Gasteiger partial charge in [-0.3, -0.25) is 4.79 Å². The predicted octanol–water partition coefficient (Wildman–Crippen LogP) is 5.61. The third-order valence-electron chi connectivity index (χ3n) is 4.39. The van der Waals surface area contributed by atoms with Gasteiger partial charge in [0.2, 0.25) is 5.88 Å². The Kier molecular flexibility index (Phi) is 5.46. The number of rotatable bonds is 6. The second-order valence-electron chi connectivity index (χ2n) is 6.27. The number of hydrogen-bond donors (Lipinski definition) is 0. The molecule has 0 bridgehead atoms. The standard InChI is InChI=1S/C24H16N2O2S/c25-15-20-19(23-12-7-13-29-23)14-21(17-8-3-1-4-9-17)26-24(20)28-16-22(27)18-10-5-2-6-11-18/h1-14H,16H2. The first-order valence-electron chi connectivity index (χ1n) is 9.02. The Morgan fingerprint density at radius 2 is 1.72 bits per heavy atom. The number of carbonyl (C=O) groups excluding carboxylic acids is 1. The maximum atomic E-state index is 12.5. The summed E-state index contributed by atoms with van der Waals surface area (Å²) in [5.74, 6) is 0.000566. The highest BCUT2D eigenvalue weighted by atomic mass is 32.1. The van der Waals surface area contributed by atoms with Crippen molar-refractivity contribution in [2.24, 2.45) is 0 Å². The average molecular weight is 396 g/mol. The maximum absolute atomic E-state index is 12.5. The van der Waals surface area contributed by atoms with Crippen LogP contribution in [0.4, 0.5) is 0 Å². The molecule has 2 aromatic carbocycles. The second-order valence-corrected chi connectivity index (χ2v) is 7.22. The number of aromatic nitrogens is 1. The molecule has 0 amide bonds. The SMILES string of the molecule is N#Cc1c(-c2cccs2)cc(-c2ccccc2)nc1OCC(=O)c1ccccc1. The number of thiophene rings is 1. The van der Waals surface area contributed by atoms with Crippen LogP contribution in [0, 0.1) is 11.3 Å². The van der Waals surface area contributed by atoms with Gasteiger partial charge >= 0.3 is 0 Å². The van der Waals surface area contributed by atoms with Crippen LogP contribution in [0.2, 0.25) is 0 Å². The van der Waals surface area contributed by atoms with Gasteiger partial charge in [-0.1, -0.05) is 66.7 Å². The molecule has 4 aromatic rings. The molecule has 0 saturated carbocycles. The van der Waals surface area contributed by atoms with E-state index in [-0.39, 0.29) is 18.3 Å². The van der Waals surface area contributed by atoms with Crippen LogP contribution in [0.15, 0.2) is 84.2 Å². The number of nitriles is 1. The van der Waals surface area contributed by atoms with Gasteiger partial charge in [0.1, 0.15) is 11.6 Å². The molecule has 0 fully saturated rings. The fraction of sp³-hybridized carbons (Fsp3) is 0.0417. The van der Waals surface area contributed by atoms with Gasteiger partial charge in [-0.15, -0.1) is 11.3 Å². The van der Waals surface area contributed by atoms with E-state index in [4.69, 9.17) is 4.74 Å². The lowest BCUT2D eigenvalue weighted by Gasteiger charge is -2.12. The summed E-state index contributed by atoms with van der Waals surface area (Å²) in [5, 5.41) is 11.7. The van der Waals surface area contributed by atoms with Crippen molar-refractivity contribution in [3.8, 4) is 33.6 Å². The molecule has 0 unspecified atom stereocenters. The first-order chi connectivity index (χ1) is 14.3. The average Bonchev–Trinajstić information content (AvgIpc) is 3.33. The van der Waals surface area contributed by atoms with Crippen molar-refractivity contribution in [3.05, 3.63) is 95.4 Å². The minimum atomic E-state index is -0.187. The Bertz CT molecular complexity index is 1160. The van der Waals surface area contributed by atoms with Crippen molar-refractivity contribution >= 4 is 17.1 Å². The molecule has 5 heteroatoms. The molecule has 0 saturated heterocycles. The molecule has 0 aliphatic heterocycles. The van der Waals surface area contributed by atoms with Gasteiger partial charge in [0.05, 0.1) is 5.69 Å². The first-order valence-corrected chi connectivity index (χ1v) is 9.89. The van der Waals surface area contributed by atoms with Gasteiger partial charge in [-0.2, -0.15) is 5.26 Å². The van der Waals surface area contributed by atoms with Crippen LogP contribution in [0.3, 0.4) is 0 Å². The van der Waals surface area contributed by atoms with E-state index in [0.717, 1.165) is 16.0 Å². The monoisotopic (exact) mass is 396 g/mol. The van der Waals surface area contributed by atoms with E-state index in [2.05, 4.69) is 11.1 Å². The molecule has 2 heterocycles. The predicted molar refractivity (Wildman–Crippen MR) is 114 cm³/mol. The molecular formula is C24H16N2O2S. The van der Waals surface area contributed by atoms with E-state index in [1.165, 1.54) is 11.3 Å². The molecule has 4 rings (SSSR count). The fourth-order valence-corrected chi connectivity index (χ4v) is 3.71. The smallest absolute Gasteiger partial charge is 0.233 e. The first kappa shape index (κ1) is 18.6. The third-order valence-corrected chi connectivity index (χ3v) is 5.29. The molecule has 0 spiro atoms. The number of benzene rings is 2. The van der Waals surface area contributed by atoms with E-state index < -0.39 is 0 Å². The van der Waals surface area contributed by atoms with Crippen molar-refractivity contribution in [2.75, 3.05) is 6.61 Å². The number of carbonyl (C=O) groups is 1. The lowest BCUT2D eigenvalue weighted by Crippen LogP contribution is -2.13. The fourth-order valence-electron chi connectivity index (χ4n) is 2.96. The highest BCUT2D eigenvalue weighted by Crippen LogP contribution is 2.35. The van der Waals surface area contributed by atoms with Crippen LogP contribution >= 0.6 is 11.3 Å². The molecule has 0 atom stereocenters. The topological polar surface area (TPSA) is 63.0 Å². The summed E-state index contributed by atoms with van der Waals surface area (Å²) in [7, 11) is 0. The van der Waals surface area contributed by atoms with E-state index in [1.54, 1.807) is 24.3 Å². The number of pyridine rings is 1. The van der Waals surface area contributed by atoms with E-state index >= 15 is 0 Å². The summed E-state index contributed by atoms with van der Waals surface area (Å²) in [4.78, 5) is 18.0. The zero-order valence-corrected chi connectivity index (χ0v) is 16.2. The number of Topliss-reactive ketones (excluding diaryl/α,β-unsaturated/α-hetero) is 1. The van der Waals surface area contributed by atoms with E-state index in [0.29, 0.717) is 16.8 Å². The van der Waals surface area contributed by atoms with Gasteiger partial charge in [-0.25, -0.2) is 4.98 Å². The molecule has 0 N–H and O–H groups in total. The minimum Gasteiger partial charge on any atom is -0.468 e. The summed E-state index contributed by atoms with van der Waals surface area (Å²) in [6, 6.07) is 26.6. The van der Waals surface area contributed by atoms with Crippen molar-refractivity contribution in [3.63, 3.8) is 0 Å². The van der Waals surface area contributed by atoms with Gasteiger partial charge < -0.3 is 4.74 Å². The van der Waals surface area contributed by atoms with Gasteiger partial charge in [0.25, 0.3) is 0 Å². The molecule has 4 nitrogen and oxygen atoms in total. The number of hydrogen-bond acceptors (Lipinski definition) is 5. The Morgan fingerprint density at radius 3 is 2.38 bits per heavy atom. The highest BCUT2D eigenvalue weighted by Gasteiger charge is 2.18. The second kappa shape index (κ2) is 8.51. The highest BCUT2D eigenvalue weighted by molar-refractivity contribution is 7.13. The lowest BCUT2D eigenvalue weighted by molar-refractivity contribution is 0.0918. The number of ether oxygens (including phenoxy) is 1. The van der Waals surface area contributed by atoms with Crippen LogP contribution in [0.5, 0.6) is 5.88 Å². The zero-order chi connectivity index (χ0) is 20.1. The molecule has 2 aromatic heterocycles. The Morgan fingerprint density at radius 1 is 1.00 bits per heavy atom. The zero-order valence-electron chi connectivity index (χ0n) is 15.4. The molecular weight excluding hydrogens is 380 g/mol. The largest absolute Gasteiger partial charge is 0.468 e. The molecule has 0 aliphatic rings. The number of ketones is 1. The van der Waals surface area contributed by atoms with E-state index in [9.17, 15) is 10.1 Å². The Hall–Kier alpha value is -3.75. The summed E-state index contributed by atoms with van der Waals surface area (Å²) >= 11 is 1.54. The van der Waals surface area contributed by atoms with Gasteiger partial charge in [-0.05, 0) is 17.5 Å². The van der Waals surface area contributed by atoms with Crippen LogP contribution < -0.4 is 4.74 Å². The molecule has 29 heavy (non-hydrogen) atoms.